The lowest BCUT2D eigenvalue weighted by Gasteiger charge is -2.15. The van der Waals surface area contributed by atoms with E-state index in [0.717, 1.165) is 12.0 Å². The van der Waals surface area contributed by atoms with Crippen molar-refractivity contribution in [2.24, 2.45) is 5.73 Å². The summed E-state index contributed by atoms with van der Waals surface area (Å²) in [5.41, 5.74) is 6.95. The minimum absolute atomic E-state index is 0.0458. The summed E-state index contributed by atoms with van der Waals surface area (Å²) >= 11 is 9.37. The lowest BCUT2D eigenvalue weighted by Crippen LogP contribution is -2.21. The highest BCUT2D eigenvalue weighted by Crippen LogP contribution is 2.34. The van der Waals surface area contributed by atoms with Gasteiger partial charge in [0, 0.05) is 17.1 Å². The van der Waals surface area contributed by atoms with E-state index in [2.05, 4.69) is 15.9 Å². The van der Waals surface area contributed by atoms with Gasteiger partial charge in [0.1, 0.15) is 17.3 Å². The van der Waals surface area contributed by atoms with Crippen molar-refractivity contribution < 1.29 is 9.13 Å². The summed E-state index contributed by atoms with van der Waals surface area (Å²) in [4.78, 5) is 0. The van der Waals surface area contributed by atoms with Gasteiger partial charge in [0.25, 0.3) is 0 Å². The van der Waals surface area contributed by atoms with Crippen LogP contribution in [0.15, 0.2) is 40.9 Å². The van der Waals surface area contributed by atoms with E-state index in [-0.39, 0.29) is 11.9 Å². The highest BCUT2D eigenvalue weighted by Gasteiger charge is 2.12. The second kappa shape index (κ2) is 7.25. The summed E-state index contributed by atoms with van der Waals surface area (Å²) in [6.45, 7) is 2.03. The van der Waals surface area contributed by atoms with E-state index in [1.165, 1.54) is 12.1 Å². The molecule has 0 aromatic heterocycles. The van der Waals surface area contributed by atoms with Crippen molar-refractivity contribution in [3.63, 3.8) is 0 Å². The van der Waals surface area contributed by atoms with E-state index in [1.807, 2.05) is 13.0 Å². The van der Waals surface area contributed by atoms with Crippen molar-refractivity contribution in [3.8, 4) is 11.5 Å². The monoisotopic (exact) mass is 371 g/mol. The number of benzene rings is 2. The highest BCUT2D eigenvalue weighted by molar-refractivity contribution is 9.10. The second-order valence-electron chi connectivity index (χ2n) is 4.80. The van der Waals surface area contributed by atoms with Crippen molar-refractivity contribution in [3.05, 3.63) is 57.3 Å². The molecule has 0 spiro atoms. The average Bonchev–Trinajstić information content (AvgIpc) is 2.45. The molecular formula is C16H16BrClFNO. The van der Waals surface area contributed by atoms with Gasteiger partial charge >= 0.3 is 0 Å². The molecule has 0 heterocycles. The molecule has 0 saturated heterocycles. The minimum Gasteiger partial charge on any atom is -0.456 e. The molecule has 0 fully saturated rings. The Hall–Kier alpha value is -1.10. The number of ether oxygens (including phenoxy) is 1. The summed E-state index contributed by atoms with van der Waals surface area (Å²) in [6, 6.07) is 9.75. The van der Waals surface area contributed by atoms with Crippen molar-refractivity contribution >= 4 is 27.5 Å². The molecule has 0 aliphatic rings. The summed E-state index contributed by atoms with van der Waals surface area (Å²) in [5.74, 6) is 0.642. The number of hydrogen-bond donors (Lipinski definition) is 1. The van der Waals surface area contributed by atoms with Crippen LogP contribution in [0, 0.1) is 5.82 Å². The Balaban J connectivity index is 2.33. The first-order valence-electron chi connectivity index (χ1n) is 6.66. The number of nitrogens with two attached hydrogens (primary N) is 1. The summed E-state index contributed by atoms with van der Waals surface area (Å²) < 4.78 is 19.8. The van der Waals surface area contributed by atoms with Gasteiger partial charge in [0.15, 0.2) is 0 Å². The third kappa shape index (κ3) is 4.43. The van der Waals surface area contributed by atoms with Crippen LogP contribution in [0.1, 0.15) is 18.9 Å². The highest BCUT2D eigenvalue weighted by atomic mass is 79.9. The van der Waals surface area contributed by atoms with Gasteiger partial charge in [-0.2, -0.15) is 0 Å². The Morgan fingerprint density at radius 1 is 1.24 bits per heavy atom. The van der Waals surface area contributed by atoms with Crippen LogP contribution in [0.3, 0.4) is 0 Å². The van der Waals surface area contributed by atoms with Gasteiger partial charge in [-0.3, -0.25) is 0 Å². The smallest absolute Gasteiger partial charge is 0.144 e. The minimum atomic E-state index is -0.359. The lowest BCUT2D eigenvalue weighted by molar-refractivity contribution is 0.464. The van der Waals surface area contributed by atoms with Crippen molar-refractivity contribution in [1.82, 2.24) is 0 Å². The first-order chi connectivity index (χ1) is 9.99. The second-order valence-corrected chi connectivity index (χ2v) is 6.09. The van der Waals surface area contributed by atoms with Crippen LogP contribution in [0.25, 0.3) is 0 Å². The Morgan fingerprint density at radius 3 is 2.71 bits per heavy atom. The van der Waals surface area contributed by atoms with Gasteiger partial charge in [-0.05, 0) is 58.6 Å². The molecule has 1 atom stereocenters. The van der Waals surface area contributed by atoms with Gasteiger partial charge < -0.3 is 10.5 Å². The van der Waals surface area contributed by atoms with Crippen molar-refractivity contribution in [2.45, 2.75) is 25.8 Å². The first-order valence-corrected chi connectivity index (χ1v) is 7.83. The van der Waals surface area contributed by atoms with Crippen LogP contribution >= 0.6 is 27.5 Å². The Labute approximate surface area is 137 Å². The van der Waals surface area contributed by atoms with Gasteiger partial charge in [-0.15, -0.1) is 0 Å². The van der Waals surface area contributed by atoms with Crippen LogP contribution in [-0.2, 0) is 6.42 Å². The van der Waals surface area contributed by atoms with Crippen LogP contribution < -0.4 is 10.5 Å². The van der Waals surface area contributed by atoms with Crippen LogP contribution in [0.4, 0.5) is 4.39 Å². The molecule has 0 bridgehead atoms. The van der Waals surface area contributed by atoms with Gasteiger partial charge in [-0.1, -0.05) is 24.6 Å². The SMILES string of the molecule is CCC(N)Cc1ccc(Cl)cc1Oc1cc(F)ccc1Br. The first kappa shape index (κ1) is 16.3. The zero-order valence-corrected chi connectivity index (χ0v) is 13.9. The van der Waals surface area contributed by atoms with Gasteiger partial charge in [-0.25, -0.2) is 4.39 Å². The third-order valence-corrected chi connectivity index (χ3v) is 4.04. The van der Waals surface area contributed by atoms with Crippen molar-refractivity contribution in [2.75, 3.05) is 0 Å². The van der Waals surface area contributed by atoms with E-state index in [4.69, 9.17) is 22.1 Å². The predicted octanol–water partition coefficient (Wildman–Crippen LogP) is 5.31. The molecule has 1 unspecified atom stereocenters. The maximum atomic E-state index is 13.3. The van der Waals surface area contributed by atoms with Crippen molar-refractivity contribution in [1.29, 1.82) is 0 Å². The normalized spacial score (nSPS) is 12.2. The average molecular weight is 373 g/mol. The molecular weight excluding hydrogens is 357 g/mol. The van der Waals surface area contributed by atoms with Crippen LogP contribution in [0.2, 0.25) is 5.02 Å². The number of halogens is 3. The maximum Gasteiger partial charge on any atom is 0.144 e. The predicted molar refractivity (Wildman–Crippen MR) is 87.6 cm³/mol. The molecule has 0 saturated carbocycles. The molecule has 21 heavy (non-hydrogen) atoms. The molecule has 2 N–H and O–H groups in total. The Bertz CT molecular complexity index is 636. The zero-order chi connectivity index (χ0) is 15.4. The molecule has 0 amide bonds. The van der Waals surface area contributed by atoms with E-state index in [0.29, 0.717) is 27.4 Å². The quantitative estimate of drug-likeness (QED) is 0.771. The van der Waals surface area contributed by atoms with Crippen LogP contribution in [-0.4, -0.2) is 6.04 Å². The van der Waals surface area contributed by atoms with E-state index >= 15 is 0 Å². The largest absolute Gasteiger partial charge is 0.456 e. The fourth-order valence-corrected chi connectivity index (χ4v) is 2.38. The van der Waals surface area contributed by atoms with Gasteiger partial charge in [0.2, 0.25) is 0 Å². The van der Waals surface area contributed by atoms with E-state index in [9.17, 15) is 4.39 Å². The van der Waals surface area contributed by atoms with Crippen LogP contribution in [0.5, 0.6) is 11.5 Å². The lowest BCUT2D eigenvalue weighted by atomic mass is 10.0. The third-order valence-electron chi connectivity index (χ3n) is 3.15. The molecule has 0 aliphatic heterocycles. The summed E-state index contributed by atoms with van der Waals surface area (Å²) in [5, 5.41) is 0.561. The molecule has 2 nitrogen and oxygen atoms in total. The fraction of sp³-hybridized carbons (Fsp3) is 0.250. The molecule has 0 radical (unpaired) electrons. The zero-order valence-electron chi connectivity index (χ0n) is 11.6. The van der Waals surface area contributed by atoms with E-state index < -0.39 is 0 Å². The molecule has 2 rings (SSSR count). The molecule has 5 heteroatoms. The summed E-state index contributed by atoms with van der Waals surface area (Å²) in [7, 11) is 0. The maximum absolute atomic E-state index is 13.3. The van der Waals surface area contributed by atoms with Gasteiger partial charge in [0.05, 0.1) is 4.47 Å². The molecule has 2 aromatic rings. The molecule has 112 valence electrons. The topological polar surface area (TPSA) is 35.2 Å². The molecule has 0 aliphatic carbocycles. The summed E-state index contributed by atoms with van der Waals surface area (Å²) in [6.07, 6.45) is 1.54. The standard InChI is InChI=1S/C16H16BrClFNO/c1-2-13(20)7-10-3-4-11(18)8-15(10)21-16-9-12(19)5-6-14(16)17/h3-6,8-9,13H,2,7,20H2,1H3. The number of rotatable bonds is 5. The number of hydrogen-bond acceptors (Lipinski definition) is 2. The fourth-order valence-electron chi connectivity index (χ4n) is 1.89. The Morgan fingerprint density at radius 2 is 2.00 bits per heavy atom. The van der Waals surface area contributed by atoms with E-state index in [1.54, 1.807) is 18.2 Å². The Kier molecular flexibility index (Phi) is 5.62. The molecule has 2 aromatic carbocycles.